The van der Waals surface area contributed by atoms with Crippen LogP contribution in [0, 0.1) is 6.92 Å². The summed E-state index contributed by atoms with van der Waals surface area (Å²) in [7, 11) is -2.65. The number of hydrogen-bond donors (Lipinski definition) is 1. The van der Waals surface area contributed by atoms with Gasteiger partial charge in [0.15, 0.2) is 0 Å². The van der Waals surface area contributed by atoms with Gasteiger partial charge in [-0.2, -0.15) is 0 Å². The van der Waals surface area contributed by atoms with E-state index in [0.29, 0.717) is 21.3 Å². The van der Waals surface area contributed by atoms with Crippen molar-refractivity contribution < 1.29 is 18.0 Å². The first-order valence-corrected chi connectivity index (χ1v) is 14.7. The van der Waals surface area contributed by atoms with Crippen LogP contribution in [0.1, 0.15) is 43.4 Å². The third kappa shape index (κ3) is 7.32. The van der Waals surface area contributed by atoms with E-state index in [1.807, 2.05) is 32.9 Å². The molecule has 1 atom stereocenters. The van der Waals surface area contributed by atoms with Crippen LogP contribution in [-0.2, 0) is 26.2 Å². The molecule has 0 unspecified atom stereocenters. The molecule has 0 aliphatic carbocycles. The van der Waals surface area contributed by atoms with Gasteiger partial charge in [-0.3, -0.25) is 13.9 Å². The summed E-state index contributed by atoms with van der Waals surface area (Å²) in [6.45, 7) is 7.05. The minimum absolute atomic E-state index is 0.0228. The SMILES string of the molecule is CNC(=O)[C@H](C)N(Cc1ccc(Cl)c(Cl)c1)C(=O)CN(c1ccc(C(C)C)cc1)S(=O)(=O)c1ccc(C)cc1. The fourth-order valence-electron chi connectivity index (χ4n) is 4.02. The molecular formula is C29H33Cl2N3O4S. The third-order valence-corrected chi connectivity index (χ3v) is 9.01. The Morgan fingerprint density at radius 1 is 0.897 bits per heavy atom. The van der Waals surface area contributed by atoms with Gasteiger partial charge in [-0.05, 0) is 67.3 Å². The van der Waals surface area contributed by atoms with Crippen LogP contribution in [0.15, 0.2) is 71.6 Å². The highest BCUT2D eigenvalue weighted by Gasteiger charge is 2.32. The molecule has 2 amide bonds. The largest absolute Gasteiger partial charge is 0.357 e. The second-order valence-corrected chi connectivity index (χ2v) is 12.3. The number of aryl methyl sites for hydroxylation is 1. The Morgan fingerprint density at radius 2 is 1.51 bits per heavy atom. The molecule has 0 saturated carbocycles. The first kappa shape index (κ1) is 30.5. The zero-order valence-electron chi connectivity index (χ0n) is 22.6. The first-order chi connectivity index (χ1) is 18.3. The van der Waals surface area contributed by atoms with E-state index in [9.17, 15) is 18.0 Å². The van der Waals surface area contributed by atoms with E-state index in [-0.39, 0.29) is 17.4 Å². The summed E-state index contributed by atoms with van der Waals surface area (Å²) in [6.07, 6.45) is 0. The minimum atomic E-state index is -4.12. The molecule has 3 aromatic rings. The maximum Gasteiger partial charge on any atom is 0.264 e. The standard InChI is InChI=1S/C29H33Cl2N3O4S/c1-19(2)23-9-11-24(12-10-23)34(39(37,38)25-13-6-20(3)7-14-25)18-28(35)33(21(4)29(36)32-5)17-22-8-15-26(30)27(31)16-22/h6-16,19,21H,17-18H2,1-5H3,(H,32,36)/t21-/m0/s1. The van der Waals surface area contributed by atoms with E-state index in [2.05, 4.69) is 5.32 Å². The molecule has 0 saturated heterocycles. The molecule has 0 spiro atoms. The molecule has 0 fully saturated rings. The van der Waals surface area contributed by atoms with Crippen LogP contribution in [0.25, 0.3) is 0 Å². The maximum atomic E-state index is 13.9. The quantitative estimate of drug-likeness (QED) is 0.324. The number of carbonyl (C=O) groups is 2. The van der Waals surface area contributed by atoms with Crippen molar-refractivity contribution >= 4 is 50.7 Å². The van der Waals surface area contributed by atoms with Gasteiger partial charge in [0.2, 0.25) is 11.8 Å². The van der Waals surface area contributed by atoms with Crippen LogP contribution in [0.2, 0.25) is 10.0 Å². The van der Waals surface area contributed by atoms with Gasteiger partial charge in [0.1, 0.15) is 12.6 Å². The van der Waals surface area contributed by atoms with E-state index >= 15 is 0 Å². The normalized spacial score (nSPS) is 12.2. The number of likely N-dealkylation sites (N-methyl/N-ethyl adjacent to an activating group) is 1. The van der Waals surface area contributed by atoms with Gasteiger partial charge in [0.05, 0.1) is 20.6 Å². The second kappa shape index (κ2) is 12.9. The van der Waals surface area contributed by atoms with E-state index in [1.54, 1.807) is 49.4 Å². The van der Waals surface area contributed by atoms with Crippen LogP contribution in [0.4, 0.5) is 5.69 Å². The topological polar surface area (TPSA) is 86.8 Å². The van der Waals surface area contributed by atoms with Crippen molar-refractivity contribution in [1.29, 1.82) is 0 Å². The molecule has 0 aliphatic rings. The van der Waals surface area contributed by atoms with Crippen LogP contribution < -0.4 is 9.62 Å². The molecule has 10 heteroatoms. The van der Waals surface area contributed by atoms with E-state index in [1.165, 1.54) is 24.1 Å². The first-order valence-electron chi connectivity index (χ1n) is 12.5. The monoisotopic (exact) mass is 589 g/mol. The smallest absolute Gasteiger partial charge is 0.264 e. The molecular weight excluding hydrogens is 557 g/mol. The summed E-state index contributed by atoms with van der Waals surface area (Å²) in [6, 6.07) is 17.6. The predicted molar refractivity (Wildman–Crippen MR) is 157 cm³/mol. The zero-order chi connectivity index (χ0) is 28.9. The average molecular weight is 591 g/mol. The van der Waals surface area contributed by atoms with Crippen LogP contribution in [0.3, 0.4) is 0 Å². The van der Waals surface area contributed by atoms with Gasteiger partial charge in [-0.15, -0.1) is 0 Å². The number of rotatable bonds is 10. The highest BCUT2D eigenvalue weighted by molar-refractivity contribution is 7.92. The Morgan fingerprint density at radius 3 is 2.05 bits per heavy atom. The fraction of sp³-hybridized carbons (Fsp3) is 0.310. The number of sulfonamides is 1. The van der Waals surface area contributed by atoms with E-state index in [0.717, 1.165) is 15.4 Å². The molecule has 0 aliphatic heterocycles. The summed E-state index contributed by atoms with van der Waals surface area (Å²) in [4.78, 5) is 27.8. The van der Waals surface area contributed by atoms with Crippen molar-refractivity contribution in [3.05, 3.63) is 93.5 Å². The molecule has 7 nitrogen and oxygen atoms in total. The average Bonchev–Trinajstić information content (AvgIpc) is 2.91. The zero-order valence-corrected chi connectivity index (χ0v) is 24.9. The van der Waals surface area contributed by atoms with Crippen LogP contribution >= 0.6 is 23.2 Å². The lowest BCUT2D eigenvalue weighted by Crippen LogP contribution is -2.50. The summed E-state index contributed by atoms with van der Waals surface area (Å²) >= 11 is 12.2. The number of amides is 2. The molecule has 0 radical (unpaired) electrons. The van der Waals surface area contributed by atoms with Gasteiger partial charge in [0.25, 0.3) is 10.0 Å². The molecule has 0 bridgehead atoms. The molecule has 0 heterocycles. The number of hydrogen-bond acceptors (Lipinski definition) is 4. The Hall–Kier alpha value is -3.07. The highest BCUT2D eigenvalue weighted by Crippen LogP contribution is 2.28. The lowest BCUT2D eigenvalue weighted by atomic mass is 10.0. The maximum absolute atomic E-state index is 13.9. The van der Waals surface area contributed by atoms with Crippen LogP contribution in [0.5, 0.6) is 0 Å². The van der Waals surface area contributed by atoms with Crippen molar-refractivity contribution in [2.45, 2.75) is 51.1 Å². The molecule has 1 N–H and O–H groups in total. The van der Waals surface area contributed by atoms with Crippen molar-refractivity contribution in [3.8, 4) is 0 Å². The Bertz CT molecular complexity index is 1430. The number of halogens is 2. The molecule has 3 rings (SSSR count). The van der Waals surface area contributed by atoms with Crippen molar-refractivity contribution in [2.24, 2.45) is 0 Å². The summed E-state index contributed by atoms with van der Waals surface area (Å²) in [5, 5.41) is 3.23. The van der Waals surface area contributed by atoms with E-state index < -0.39 is 34.4 Å². The molecule has 39 heavy (non-hydrogen) atoms. The van der Waals surface area contributed by atoms with Gasteiger partial charge in [0, 0.05) is 13.6 Å². The Labute approximate surface area is 240 Å². The summed E-state index contributed by atoms with van der Waals surface area (Å²) in [5.74, 6) is -0.698. The predicted octanol–water partition coefficient (Wildman–Crippen LogP) is 5.78. The van der Waals surface area contributed by atoms with Gasteiger partial charge in [-0.25, -0.2) is 8.42 Å². The number of benzene rings is 3. The lowest BCUT2D eigenvalue weighted by molar-refractivity contribution is -0.139. The van der Waals surface area contributed by atoms with Crippen molar-refractivity contribution in [1.82, 2.24) is 10.2 Å². The number of nitrogens with zero attached hydrogens (tertiary/aromatic N) is 2. The Balaban J connectivity index is 2.05. The van der Waals surface area contributed by atoms with Gasteiger partial charge in [-0.1, -0.05) is 72.9 Å². The van der Waals surface area contributed by atoms with Crippen LogP contribution in [-0.4, -0.2) is 44.8 Å². The van der Waals surface area contributed by atoms with Crippen molar-refractivity contribution in [2.75, 3.05) is 17.9 Å². The number of nitrogens with one attached hydrogen (secondary N) is 1. The van der Waals surface area contributed by atoms with Gasteiger partial charge < -0.3 is 10.2 Å². The van der Waals surface area contributed by atoms with Gasteiger partial charge >= 0.3 is 0 Å². The molecule has 0 aromatic heterocycles. The number of anilines is 1. The molecule has 3 aromatic carbocycles. The molecule has 208 valence electrons. The third-order valence-electron chi connectivity index (χ3n) is 6.49. The Kier molecular flexibility index (Phi) is 10.0. The number of carbonyl (C=O) groups excluding carboxylic acids is 2. The minimum Gasteiger partial charge on any atom is -0.357 e. The van der Waals surface area contributed by atoms with Crippen molar-refractivity contribution in [3.63, 3.8) is 0 Å². The highest BCUT2D eigenvalue weighted by atomic mass is 35.5. The summed E-state index contributed by atoms with van der Waals surface area (Å²) < 4.78 is 28.8. The van der Waals surface area contributed by atoms with E-state index in [4.69, 9.17) is 23.2 Å². The lowest BCUT2D eigenvalue weighted by Gasteiger charge is -2.32. The fourth-order valence-corrected chi connectivity index (χ4v) is 5.75. The second-order valence-electron chi connectivity index (χ2n) is 9.63. The summed E-state index contributed by atoms with van der Waals surface area (Å²) in [5.41, 5.74) is 2.93.